The lowest BCUT2D eigenvalue weighted by Gasteiger charge is -2.40. The third-order valence-corrected chi connectivity index (χ3v) is 7.83. The molecule has 3 aliphatic heterocycles. The number of carboxylic acid groups (broad SMARTS) is 1. The van der Waals surface area contributed by atoms with Gasteiger partial charge in [-0.15, -0.1) is 0 Å². The highest BCUT2D eigenvalue weighted by molar-refractivity contribution is 5.90. The van der Waals surface area contributed by atoms with Crippen LogP contribution >= 0.6 is 0 Å². The SMILES string of the molecule is O=C(O)CC(=O)OC[C@H]1OC(Oc2cc3c(O)cc(=O)cc-3oc2-c2cc(O)c(O)c(OC3O[C@H](CO)[C@@H](O)[C@H](O)[C@H]3O)c2)[C@H](O)[C@@H](O)[C@@H]1O. The van der Waals surface area contributed by atoms with Crippen LogP contribution in [0.4, 0.5) is 0 Å². The Kier molecular flexibility index (Phi) is 10.7. The van der Waals surface area contributed by atoms with Crippen molar-refractivity contribution in [2.75, 3.05) is 13.2 Å². The first-order valence-electron chi connectivity index (χ1n) is 14.7. The van der Waals surface area contributed by atoms with Crippen molar-refractivity contribution in [3.63, 3.8) is 0 Å². The number of hydrogen-bond donors (Lipinski definition) is 11. The van der Waals surface area contributed by atoms with E-state index in [4.69, 9.17) is 33.2 Å². The lowest BCUT2D eigenvalue weighted by atomic mass is 9.99. The van der Waals surface area contributed by atoms with Gasteiger partial charge in [0.2, 0.25) is 18.3 Å². The van der Waals surface area contributed by atoms with Crippen LogP contribution in [0.25, 0.3) is 22.6 Å². The molecule has 50 heavy (non-hydrogen) atoms. The average Bonchev–Trinajstić information content (AvgIpc) is 3.06. The van der Waals surface area contributed by atoms with Crippen LogP contribution in [0.3, 0.4) is 0 Å². The summed E-state index contributed by atoms with van der Waals surface area (Å²) in [6.45, 7) is -1.59. The summed E-state index contributed by atoms with van der Waals surface area (Å²) in [5.74, 6) is -6.82. The zero-order chi connectivity index (χ0) is 36.6. The molecule has 2 saturated heterocycles. The summed E-state index contributed by atoms with van der Waals surface area (Å²) in [5.41, 5.74) is -1.05. The van der Waals surface area contributed by atoms with Crippen molar-refractivity contribution in [1.29, 1.82) is 0 Å². The number of hydrogen-bond acceptors (Lipinski definition) is 19. The predicted molar refractivity (Wildman–Crippen MR) is 157 cm³/mol. The normalized spacial score (nSPS) is 29.7. The molecule has 11 N–H and O–H groups in total. The van der Waals surface area contributed by atoms with Gasteiger partial charge in [-0.05, 0) is 18.2 Å². The topological polar surface area (TPSA) is 333 Å². The first-order chi connectivity index (χ1) is 23.6. The van der Waals surface area contributed by atoms with E-state index < -0.39 is 133 Å². The lowest BCUT2D eigenvalue weighted by Crippen LogP contribution is -2.60. The number of rotatable bonds is 10. The number of ether oxygens (including phenoxy) is 5. The summed E-state index contributed by atoms with van der Waals surface area (Å²) in [7, 11) is 0. The summed E-state index contributed by atoms with van der Waals surface area (Å²) in [5, 5.41) is 112. The predicted octanol–water partition coefficient (Wildman–Crippen LogP) is -3.09. The highest BCUT2D eigenvalue weighted by atomic mass is 16.7. The van der Waals surface area contributed by atoms with Gasteiger partial charge in [0.25, 0.3) is 0 Å². The number of phenols is 3. The summed E-state index contributed by atoms with van der Waals surface area (Å²) in [6, 6.07) is 4.82. The Hall–Kier alpha value is -4.77. The quantitative estimate of drug-likeness (QED) is 0.0563. The van der Waals surface area contributed by atoms with E-state index in [9.17, 15) is 65.4 Å². The molecule has 20 nitrogen and oxygen atoms in total. The van der Waals surface area contributed by atoms with Crippen molar-refractivity contribution < 1.29 is 93.9 Å². The lowest BCUT2D eigenvalue weighted by molar-refractivity contribution is -0.278. The molecule has 0 saturated carbocycles. The van der Waals surface area contributed by atoms with Crippen LogP contribution in [-0.2, 0) is 23.8 Å². The van der Waals surface area contributed by atoms with Crippen LogP contribution in [0.2, 0.25) is 0 Å². The summed E-state index contributed by atoms with van der Waals surface area (Å²) < 4.78 is 32.7. The molecule has 2 fully saturated rings. The molecule has 0 radical (unpaired) electrons. The maximum Gasteiger partial charge on any atom is 0.317 e. The fraction of sp³-hybridized carbons (Fsp3) is 0.433. The highest BCUT2D eigenvalue weighted by Gasteiger charge is 2.47. The second-order valence-electron chi connectivity index (χ2n) is 11.3. The minimum absolute atomic E-state index is 0.130. The smallest absolute Gasteiger partial charge is 0.317 e. The molecule has 5 rings (SSSR count). The van der Waals surface area contributed by atoms with E-state index in [1.807, 2.05) is 0 Å². The van der Waals surface area contributed by atoms with Crippen LogP contribution in [0.1, 0.15) is 6.42 Å². The molecule has 1 aromatic rings. The molecule has 3 heterocycles. The number of esters is 1. The first kappa shape index (κ1) is 36.5. The highest BCUT2D eigenvalue weighted by Crippen LogP contribution is 2.46. The van der Waals surface area contributed by atoms with Gasteiger partial charge in [-0.1, -0.05) is 0 Å². The van der Waals surface area contributed by atoms with Gasteiger partial charge in [-0.2, -0.15) is 0 Å². The minimum Gasteiger partial charge on any atom is -0.507 e. The van der Waals surface area contributed by atoms with Gasteiger partial charge in [0.1, 0.15) is 73.4 Å². The number of phenolic OH excluding ortho intramolecular Hbond substituents is 3. The zero-order valence-electron chi connectivity index (χ0n) is 25.4. The summed E-state index contributed by atoms with van der Waals surface area (Å²) in [4.78, 5) is 34.7. The Bertz CT molecular complexity index is 1740. The van der Waals surface area contributed by atoms with Crippen molar-refractivity contribution in [3.8, 4) is 51.4 Å². The van der Waals surface area contributed by atoms with E-state index in [0.29, 0.717) is 0 Å². The van der Waals surface area contributed by atoms with E-state index in [1.165, 1.54) is 0 Å². The van der Waals surface area contributed by atoms with E-state index in [1.54, 1.807) is 0 Å². The fourth-order valence-electron chi connectivity index (χ4n) is 5.19. The number of aliphatic hydroxyl groups is 7. The Morgan fingerprint density at radius 2 is 1.32 bits per heavy atom. The van der Waals surface area contributed by atoms with E-state index in [2.05, 4.69) is 0 Å². The van der Waals surface area contributed by atoms with Gasteiger partial charge in [0.15, 0.2) is 28.4 Å². The largest absolute Gasteiger partial charge is 0.507 e. The molecule has 10 atom stereocenters. The van der Waals surface area contributed by atoms with E-state index in [0.717, 1.165) is 30.3 Å². The molecule has 0 amide bonds. The molecule has 0 aromatic heterocycles. The Balaban J connectivity index is 1.53. The van der Waals surface area contributed by atoms with Gasteiger partial charge >= 0.3 is 11.9 Å². The van der Waals surface area contributed by atoms with Crippen LogP contribution < -0.4 is 14.9 Å². The van der Waals surface area contributed by atoms with Crippen molar-refractivity contribution >= 4 is 11.9 Å². The maximum atomic E-state index is 12.2. The van der Waals surface area contributed by atoms with Crippen molar-refractivity contribution in [2.45, 2.75) is 67.8 Å². The number of aliphatic carboxylic acids is 1. The number of fused-ring (bicyclic) bond motifs is 1. The summed E-state index contributed by atoms with van der Waals surface area (Å²) in [6.07, 6.45) is -19.1. The molecule has 2 unspecified atom stereocenters. The minimum atomic E-state index is -2.00. The van der Waals surface area contributed by atoms with Crippen LogP contribution in [-0.4, -0.2) is 143 Å². The Labute approximate surface area is 279 Å². The molecule has 0 spiro atoms. The first-order valence-corrected chi connectivity index (χ1v) is 14.7. The third-order valence-electron chi connectivity index (χ3n) is 7.83. The number of aliphatic hydroxyl groups excluding tert-OH is 7. The number of aromatic hydroxyl groups is 3. The number of carboxylic acids is 1. The molecule has 4 aliphatic rings. The molecule has 272 valence electrons. The van der Waals surface area contributed by atoms with Gasteiger partial charge in [-0.25, -0.2) is 0 Å². The second-order valence-corrected chi connectivity index (χ2v) is 11.3. The van der Waals surface area contributed by atoms with Gasteiger partial charge in [0.05, 0.1) is 12.2 Å². The second kappa shape index (κ2) is 14.6. The van der Waals surface area contributed by atoms with Gasteiger partial charge < -0.3 is 84.3 Å². The Morgan fingerprint density at radius 3 is 1.94 bits per heavy atom. The van der Waals surface area contributed by atoms with Crippen LogP contribution in [0.15, 0.2) is 39.5 Å². The zero-order valence-corrected chi connectivity index (χ0v) is 25.4. The van der Waals surface area contributed by atoms with Crippen LogP contribution in [0.5, 0.6) is 28.7 Å². The number of carbonyl (C=O) groups excluding carboxylic acids is 1. The van der Waals surface area contributed by atoms with E-state index in [-0.39, 0.29) is 16.9 Å². The monoisotopic (exact) mass is 712 g/mol. The van der Waals surface area contributed by atoms with E-state index >= 15 is 0 Å². The molecule has 20 heteroatoms. The molecule has 1 aliphatic carbocycles. The van der Waals surface area contributed by atoms with Gasteiger partial charge in [-0.3, -0.25) is 14.4 Å². The molecular formula is C30H32O20. The summed E-state index contributed by atoms with van der Waals surface area (Å²) >= 11 is 0. The standard InChI is InChI=1S/C30H32O20/c31-7-17-22(39)24(41)26(43)29(49-17)47-15-2-9(1-13(34)21(15)38)28-16(5-11-12(33)3-10(32)4-14(11)46-28)48-30-27(44)25(42)23(40)18(50-30)8-45-20(37)6-19(35)36/h1-5,17-18,22-27,29-31,33-34,38-44H,6-8H2,(H,35,36)/t17-,18-,22-,23-,24+,25+,26-,27-,29?,30?/m1/s1. The molecule has 0 bridgehead atoms. The Morgan fingerprint density at radius 1 is 0.720 bits per heavy atom. The number of carbonyl (C=O) groups is 2. The van der Waals surface area contributed by atoms with Crippen molar-refractivity contribution in [1.82, 2.24) is 0 Å². The van der Waals surface area contributed by atoms with Crippen molar-refractivity contribution in [2.24, 2.45) is 0 Å². The van der Waals surface area contributed by atoms with Crippen LogP contribution in [0, 0.1) is 0 Å². The molecular weight excluding hydrogens is 680 g/mol. The number of benzene rings is 2. The van der Waals surface area contributed by atoms with Gasteiger partial charge in [0, 0.05) is 17.7 Å². The average molecular weight is 713 g/mol. The fourth-order valence-corrected chi connectivity index (χ4v) is 5.19. The molecule has 1 aromatic carbocycles. The third kappa shape index (κ3) is 7.38. The van der Waals surface area contributed by atoms with Crippen molar-refractivity contribution in [3.05, 3.63) is 40.6 Å². The maximum absolute atomic E-state index is 12.2.